The zero-order valence-corrected chi connectivity index (χ0v) is 8.87. The molecule has 1 atom stereocenters. The van der Waals surface area contributed by atoms with Crippen molar-refractivity contribution < 1.29 is 5.11 Å². The summed E-state index contributed by atoms with van der Waals surface area (Å²) in [4.78, 5) is 0. The lowest BCUT2D eigenvalue weighted by atomic mass is 10.0. The van der Waals surface area contributed by atoms with Crippen molar-refractivity contribution in [1.29, 1.82) is 0 Å². The highest BCUT2D eigenvalue weighted by Gasteiger charge is 2.10. The fourth-order valence-electron chi connectivity index (χ4n) is 0.619. The van der Waals surface area contributed by atoms with Crippen molar-refractivity contribution in [2.75, 3.05) is 11.5 Å². The molecule has 0 rings (SSSR count). The predicted octanol–water partition coefficient (Wildman–Crippen LogP) is 2.54. The van der Waals surface area contributed by atoms with E-state index in [4.69, 9.17) is 0 Å². The predicted molar refractivity (Wildman–Crippen MR) is 53.1 cm³/mol. The van der Waals surface area contributed by atoms with Gasteiger partial charge in [0.15, 0.2) is 0 Å². The van der Waals surface area contributed by atoms with Gasteiger partial charge in [-0.25, -0.2) is 0 Å². The van der Waals surface area contributed by atoms with Crippen molar-refractivity contribution >= 4 is 11.8 Å². The van der Waals surface area contributed by atoms with E-state index in [-0.39, 0.29) is 6.10 Å². The van der Waals surface area contributed by atoms with Crippen LogP contribution in [-0.4, -0.2) is 22.7 Å². The Kier molecular flexibility index (Phi) is 5.19. The van der Waals surface area contributed by atoms with Gasteiger partial charge in [0, 0.05) is 5.75 Å². The Morgan fingerprint density at radius 2 is 1.91 bits per heavy atom. The first-order valence-electron chi connectivity index (χ1n) is 4.21. The van der Waals surface area contributed by atoms with Gasteiger partial charge in [0.1, 0.15) is 0 Å². The third-order valence-corrected chi connectivity index (χ3v) is 3.01. The molecule has 0 bridgehead atoms. The highest BCUT2D eigenvalue weighted by atomic mass is 32.2. The van der Waals surface area contributed by atoms with Crippen LogP contribution in [-0.2, 0) is 0 Å². The standard InChI is InChI=1S/C9H20OS/c1-5-8(10)6-11-7-9(2,3)4/h8,10H,5-7H2,1-4H3. The first-order valence-corrected chi connectivity index (χ1v) is 5.37. The minimum absolute atomic E-state index is 0.109. The maximum Gasteiger partial charge on any atom is 0.0628 e. The highest BCUT2D eigenvalue weighted by Crippen LogP contribution is 2.20. The normalized spacial score (nSPS) is 15.0. The zero-order chi connectivity index (χ0) is 8.91. The van der Waals surface area contributed by atoms with Gasteiger partial charge >= 0.3 is 0 Å². The molecular weight excluding hydrogens is 156 g/mol. The average Bonchev–Trinajstić information content (AvgIpc) is 1.85. The van der Waals surface area contributed by atoms with Gasteiger partial charge in [-0.15, -0.1) is 0 Å². The van der Waals surface area contributed by atoms with Gasteiger partial charge in [-0.3, -0.25) is 0 Å². The summed E-state index contributed by atoms with van der Waals surface area (Å²) >= 11 is 1.84. The lowest BCUT2D eigenvalue weighted by Gasteiger charge is -2.18. The van der Waals surface area contributed by atoms with Crippen LogP contribution in [0.2, 0.25) is 0 Å². The van der Waals surface area contributed by atoms with Gasteiger partial charge in [0.2, 0.25) is 0 Å². The molecule has 68 valence electrons. The Morgan fingerprint density at radius 3 is 2.27 bits per heavy atom. The van der Waals surface area contributed by atoms with E-state index in [0.29, 0.717) is 5.41 Å². The summed E-state index contributed by atoms with van der Waals surface area (Å²) < 4.78 is 0. The number of hydrogen-bond donors (Lipinski definition) is 1. The number of thioether (sulfide) groups is 1. The second-order valence-corrected chi connectivity index (χ2v) is 5.17. The average molecular weight is 176 g/mol. The molecule has 2 heteroatoms. The number of aliphatic hydroxyl groups excluding tert-OH is 1. The van der Waals surface area contributed by atoms with E-state index in [2.05, 4.69) is 20.8 Å². The molecule has 1 nitrogen and oxygen atoms in total. The Bertz CT molecular complexity index is 96.2. The van der Waals surface area contributed by atoms with Crippen LogP contribution in [0.3, 0.4) is 0 Å². The van der Waals surface area contributed by atoms with E-state index < -0.39 is 0 Å². The van der Waals surface area contributed by atoms with Gasteiger partial charge in [0.05, 0.1) is 6.10 Å². The zero-order valence-electron chi connectivity index (χ0n) is 8.05. The Balaban J connectivity index is 3.28. The molecule has 0 aromatic rings. The topological polar surface area (TPSA) is 20.2 Å². The van der Waals surface area contributed by atoms with Crippen molar-refractivity contribution in [3.63, 3.8) is 0 Å². The molecule has 0 spiro atoms. The molecule has 0 aliphatic heterocycles. The van der Waals surface area contributed by atoms with Gasteiger partial charge in [-0.05, 0) is 17.6 Å². The van der Waals surface area contributed by atoms with Crippen LogP contribution in [0.5, 0.6) is 0 Å². The smallest absolute Gasteiger partial charge is 0.0628 e. The van der Waals surface area contributed by atoms with E-state index in [0.717, 1.165) is 17.9 Å². The van der Waals surface area contributed by atoms with Crippen LogP contribution in [0.4, 0.5) is 0 Å². The number of hydrogen-bond acceptors (Lipinski definition) is 2. The molecule has 0 saturated carbocycles. The first-order chi connectivity index (χ1) is 4.95. The fraction of sp³-hybridized carbons (Fsp3) is 1.00. The van der Waals surface area contributed by atoms with Crippen molar-refractivity contribution in [2.24, 2.45) is 5.41 Å². The molecule has 0 aliphatic carbocycles. The SMILES string of the molecule is CCC(O)CSCC(C)(C)C. The summed E-state index contributed by atoms with van der Waals surface area (Å²) in [5, 5.41) is 9.23. The van der Waals surface area contributed by atoms with Gasteiger partial charge in [0.25, 0.3) is 0 Å². The third-order valence-electron chi connectivity index (χ3n) is 1.32. The van der Waals surface area contributed by atoms with E-state index >= 15 is 0 Å². The molecule has 0 aromatic heterocycles. The van der Waals surface area contributed by atoms with Crippen molar-refractivity contribution in [3.05, 3.63) is 0 Å². The third kappa shape index (κ3) is 8.21. The van der Waals surface area contributed by atoms with Crippen LogP contribution < -0.4 is 0 Å². The second kappa shape index (κ2) is 5.04. The van der Waals surface area contributed by atoms with Crippen LogP contribution in [0.1, 0.15) is 34.1 Å². The van der Waals surface area contributed by atoms with Crippen LogP contribution in [0, 0.1) is 5.41 Å². The molecule has 0 aliphatic rings. The summed E-state index contributed by atoms with van der Waals surface area (Å²) in [5.41, 5.74) is 0.387. The Hall–Kier alpha value is 0.310. The quantitative estimate of drug-likeness (QED) is 0.710. The van der Waals surface area contributed by atoms with Crippen molar-refractivity contribution in [1.82, 2.24) is 0 Å². The monoisotopic (exact) mass is 176 g/mol. The first kappa shape index (κ1) is 11.3. The number of aliphatic hydroxyl groups is 1. The molecule has 0 radical (unpaired) electrons. The number of rotatable bonds is 4. The Morgan fingerprint density at radius 1 is 1.36 bits per heavy atom. The molecule has 1 unspecified atom stereocenters. The maximum absolute atomic E-state index is 9.23. The molecule has 0 fully saturated rings. The molecule has 11 heavy (non-hydrogen) atoms. The minimum Gasteiger partial charge on any atom is -0.392 e. The van der Waals surface area contributed by atoms with E-state index in [1.165, 1.54) is 0 Å². The van der Waals surface area contributed by atoms with E-state index in [1.807, 2.05) is 18.7 Å². The van der Waals surface area contributed by atoms with Crippen LogP contribution >= 0.6 is 11.8 Å². The van der Waals surface area contributed by atoms with Crippen molar-refractivity contribution in [3.8, 4) is 0 Å². The summed E-state index contributed by atoms with van der Waals surface area (Å²) in [6.07, 6.45) is 0.763. The van der Waals surface area contributed by atoms with Gasteiger partial charge in [-0.1, -0.05) is 27.7 Å². The van der Waals surface area contributed by atoms with Crippen LogP contribution in [0.15, 0.2) is 0 Å². The summed E-state index contributed by atoms with van der Waals surface area (Å²) in [6.45, 7) is 8.68. The molecule has 0 heterocycles. The molecule has 0 amide bonds. The second-order valence-electron chi connectivity index (χ2n) is 4.14. The minimum atomic E-state index is -0.109. The van der Waals surface area contributed by atoms with Crippen molar-refractivity contribution in [2.45, 2.75) is 40.2 Å². The highest BCUT2D eigenvalue weighted by molar-refractivity contribution is 7.99. The largest absolute Gasteiger partial charge is 0.392 e. The lowest BCUT2D eigenvalue weighted by molar-refractivity contribution is 0.195. The lowest BCUT2D eigenvalue weighted by Crippen LogP contribution is -2.13. The molecular formula is C9H20OS. The summed E-state index contributed by atoms with van der Waals surface area (Å²) in [5.74, 6) is 2.01. The van der Waals surface area contributed by atoms with E-state index in [1.54, 1.807) is 0 Å². The Labute approximate surface area is 74.6 Å². The fourth-order valence-corrected chi connectivity index (χ4v) is 1.86. The maximum atomic E-state index is 9.23. The summed E-state index contributed by atoms with van der Waals surface area (Å²) in [6, 6.07) is 0. The van der Waals surface area contributed by atoms with Gasteiger partial charge in [-0.2, -0.15) is 11.8 Å². The molecule has 1 N–H and O–H groups in total. The molecule has 0 aromatic carbocycles. The van der Waals surface area contributed by atoms with E-state index in [9.17, 15) is 5.11 Å². The van der Waals surface area contributed by atoms with Gasteiger partial charge < -0.3 is 5.11 Å². The van der Waals surface area contributed by atoms with Crippen LogP contribution in [0.25, 0.3) is 0 Å². The molecule has 0 saturated heterocycles. The summed E-state index contributed by atoms with van der Waals surface area (Å²) in [7, 11) is 0.